The van der Waals surface area contributed by atoms with Crippen molar-refractivity contribution in [3.8, 4) is 0 Å². The van der Waals surface area contributed by atoms with Crippen molar-refractivity contribution in [2.24, 2.45) is 11.8 Å². The van der Waals surface area contributed by atoms with Crippen molar-refractivity contribution >= 4 is 29.3 Å². The van der Waals surface area contributed by atoms with E-state index in [2.05, 4.69) is 32.4 Å². The summed E-state index contributed by atoms with van der Waals surface area (Å²) in [6.07, 6.45) is 0. The van der Waals surface area contributed by atoms with E-state index in [0.717, 1.165) is 23.7 Å². The van der Waals surface area contributed by atoms with E-state index in [1.54, 1.807) is 0 Å². The number of nitrogens with two attached hydrogens (primary N) is 2. The van der Waals surface area contributed by atoms with Crippen LogP contribution in [0, 0.1) is 11.8 Å². The summed E-state index contributed by atoms with van der Waals surface area (Å²) >= 11 is 0. The third-order valence-electron chi connectivity index (χ3n) is 3.99. The molecule has 4 N–H and O–H groups in total. The molecule has 0 radical (unpaired) electrons. The summed E-state index contributed by atoms with van der Waals surface area (Å²) in [5, 5.41) is 1.53. The molecule has 2 aromatic carbocycles. The van der Waals surface area contributed by atoms with Gasteiger partial charge in [-0.15, -0.1) is 0 Å². The molecule has 0 bridgehead atoms. The number of hydrogen-bond donors (Lipinski definition) is 2. The lowest BCUT2D eigenvalue weighted by molar-refractivity contribution is 0.339. The Morgan fingerprint density at radius 3 is 1.56 bits per heavy atom. The lowest BCUT2D eigenvalue weighted by Crippen LogP contribution is -2.37. The van der Waals surface area contributed by atoms with Crippen LogP contribution in [0.25, 0.3) is 0 Å². The van der Waals surface area contributed by atoms with Gasteiger partial charge in [-0.1, -0.05) is 39.8 Å². The molecule has 0 heterocycles. The smallest absolute Gasteiger partial charge is 0.207 e. The number of hydrogen-bond acceptors (Lipinski definition) is 3. The summed E-state index contributed by atoms with van der Waals surface area (Å²) in [6.45, 7) is 10.1. The molecule has 0 aliphatic carbocycles. The maximum absolute atomic E-state index is 14.5. The van der Waals surface area contributed by atoms with E-state index in [4.69, 9.17) is 11.5 Å². The zero-order valence-corrected chi connectivity index (χ0v) is 16.5. The predicted octanol–water partition coefficient (Wildman–Crippen LogP) is 3.69. The maximum Gasteiger partial charge on any atom is 0.207 e. The highest BCUT2D eigenvalue weighted by molar-refractivity contribution is 7.76. The van der Waals surface area contributed by atoms with Gasteiger partial charge in [0.15, 0.2) is 0 Å². The summed E-state index contributed by atoms with van der Waals surface area (Å²) in [6, 6.07) is 14.9. The minimum Gasteiger partial charge on any atom is -0.399 e. The molecule has 0 spiro atoms. The van der Waals surface area contributed by atoms with Gasteiger partial charge in [0, 0.05) is 35.1 Å². The molecule has 0 unspecified atom stereocenters. The molecule has 2 rings (SSSR count). The van der Waals surface area contributed by atoms with Crippen LogP contribution < -0.4 is 22.1 Å². The van der Waals surface area contributed by atoms with Gasteiger partial charge in [0.2, 0.25) is 7.29 Å². The van der Waals surface area contributed by atoms with Gasteiger partial charge in [-0.3, -0.25) is 4.57 Å². The van der Waals surface area contributed by atoms with Gasteiger partial charge >= 0.3 is 0 Å². The van der Waals surface area contributed by atoms with Gasteiger partial charge in [-0.05, 0) is 48.2 Å². The van der Waals surface area contributed by atoms with Crippen molar-refractivity contribution in [3.05, 3.63) is 48.5 Å². The van der Waals surface area contributed by atoms with Gasteiger partial charge in [0.1, 0.15) is 0 Å². The zero-order chi connectivity index (χ0) is 18.6. The van der Waals surface area contributed by atoms with Crippen molar-refractivity contribution in [1.82, 2.24) is 4.67 Å². The molecule has 25 heavy (non-hydrogen) atoms. The molecule has 0 atom stereocenters. The SMILES string of the molecule is CC(C)CN(CC(C)C)P(=O)(c1cccc(N)c1)c1cccc(N)c1. The quantitative estimate of drug-likeness (QED) is 0.584. The average Bonchev–Trinajstić information content (AvgIpc) is 2.52. The lowest BCUT2D eigenvalue weighted by Gasteiger charge is -2.35. The first kappa shape index (κ1) is 19.6. The fourth-order valence-corrected chi connectivity index (χ4v) is 6.34. The van der Waals surface area contributed by atoms with E-state index in [1.807, 2.05) is 48.5 Å². The second-order valence-corrected chi connectivity index (χ2v) is 10.2. The fourth-order valence-electron chi connectivity index (χ4n) is 3.05. The lowest BCUT2D eigenvalue weighted by atomic mass is 10.2. The van der Waals surface area contributed by atoms with Crippen LogP contribution in [-0.4, -0.2) is 17.8 Å². The van der Waals surface area contributed by atoms with Crippen LogP contribution in [-0.2, 0) is 4.57 Å². The Morgan fingerprint density at radius 1 is 0.840 bits per heavy atom. The van der Waals surface area contributed by atoms with Crippen LogP contribution in [0.15, 0.2) is 48.5 Å². The molecule has 4 nitrogen and oxygen atoms in total. The first-order valence-corrected chi connectivity index (χ1v) is 10.5. The van der Waals surface area contributed by atoms with Crippen LogP contribution >= 0.6 is 7.29 Å². The summed E-state index contributed by atoms with van der Waals surface area (Å²) < 4.78 is 16.6. The first-order chi connectivity index (χ1) is 11.7. The minimum atomic E-state index is -3.02. The largest absolute Gasteiger partial charge is 0.399 e. The predicted molar refractivity (Wildman–Crippen MR) is 110 cm³/mol. The molecular weight excluding hydrogens is 329 g/mol. The second kappa shape index (κ2) is 8.07. The van der Waals surface area contributed by atoms with Gasteiger partial charge < -0.3 is 11.5 Å². The molecule has 0 amide bonds. The van der Waals surface area contributed by atoms with Crippen molar-refractivity contribution in [3.63, 3.8) is 0 Å². The number of benzene rings is 2. The van der Waals surface area contributed by atoms with E-state index in [-0.39, 0.29) is 0 Å². The standard InChI is InChI=1S/C20H30N3OP/c1-15(2)13-23(14-16(3)4)25(24,19-9-5-7-17(21)11-19)20-10-6-8-18(22)12-20/h5-12,15-16H,13-14,21-22H2,1-4H3. The Balaban J connectivity index is 2.67. The highest BCUT2D eigenvalue weighted by Crippen LogP contribution is 2.48. The van der Waals surface area contributed by atoms with Crippen molar-refractivity contribution in [1.29, 1.82) is 0 Å². The first-order valence-electron chi connectivity index (χ1n) is 8.81. The van der Waals surface area contributed by atoms with Gasteiger partial charge in [-0.25, -0.2) is 4.67 Å². The third-order valence-corrected chi connectivity index (χ3v) is 7.07. The molecule has 0 aliphatic heterocycles. The van der Waals surface area contributed by atoms with Gasteiger partial charge in [-0.2, -0.15) is 0 Å². The molecule has 5 heteroatoms. The van der Waals surface area contributed by atoms with Gasteiger partial charge in [0.25, 0.3) is 0 Å². The Bertz CT molecular complexity index is 699. The van der Waals surface area contributed by atoms with Crippen LogP contribution in [0.1, 0.15) is 27.7 Å². The van der Waals surface area contributed by atoms with Crippen molar-refractivity contribution in [2.45, 2.75) is 27.7 Å². The third kappa shape index (κ3) is 4.65. The van der Waals surface area contributed by atoms with Crippen molar-refractivity contribution in [2.75, 3.05) is 24.6 Å². The number of rotatable bonds is 7. The molecule has 2 aromatic rings. The molecule has 0 aliphatic rings. The molecule has 0 saturated carbocycles. The molecule has 0 aromatic heterocycles. The Labute approximate surface area is 151 Å². The zero-order valence-electron chi connectivity index (χ0n) is 15.6. The maximum atomic E-state index is 14.5. The van der Waals surface area contributed by atoms with Gasteiger partial charge in [0.05, 0.1) is 0 Å². The summed E-state index contributed by atoms with van der Waals surface area (Å²) in [5.74, 6) is 0.795. The molecule has 0 saturated heterocycles. The minimum absolute atomic E-state index is 0.397. The van der Waals surface area contributed by atoms with E-state index in [1.165, 1.54) is 0 Å². The number of nitrogens with zero attached hydrogens (tertiary/aromatic N) is 1. The van der Waals surface area contributed by atoms with E-state index in [0.29, 0.717) is 23.2 Å². The Kier molecular flexibility index (Phi) is 6.31. The Morgan fingerprint density at radius 2 is 1.24 bits per heavy atom. The van der Waals surface area contributed by atoms with Crippen LogP contribution in [0.5, 0.6) is 0 Å². The summed E-state index contributed by atoms with van der Waals surface area (Å²) in [5.41, 5.74) is 13.2. The van der Waals surface area contributed by atoms with Crippen molar-refractivity contribution < 1.29 is 4.57 Å². The number of anilines is 2. The molecular formula is C20H30N3OP. The summed E-state index contributed by atoms with van der Waals surface area (Å²) in [4.78, 5) is 0. The normalized spacial score (nSPS) is 12.3. The fraction of sp³-hybridized carbons (Fsp3) is 0.400. The highest BCUT2D eigenvalue weighted by Gasteiger charge is 2.35. The monoisotopic (exact) mass is 359 g/mol. The highest BCUT2D eigenvalue weighted by atomic mass is 31.2. The van der Waals surface area contributed by atoms with Crippen LogP contribution in [0.4, 0.5) is 11.4 Å². The van der Waals surface area contributed by atoms with E-state index in [9.17, 15) is 4.57 Å². The van der Waals surface area contributed by atoms with E-state index >= 15 is 0 Å². The number of nitrogen functional groups attached to an aromatic ring is 2. The van der Waals surface area contributed by atoms with Crippen LogP contribution in [0.3, 0.4) is 0 Å². The Hall–Kier alpha value is -1.77. The van der Waals surface area contributed by atoms with Crippen LogP contribution in [0.2, 0.25) is 0 Å². The summed E-state index contributed by atoms with van der Waals surface area (Å²) in [7, 11) is -3.02. The molecule has 0 fully saturated rings. The average molecular weight is 359 g/mol. The van der Waals surface area contributed by atoms with E-state index < -0.39 is 7.29 Å². The second-order valence-electron chi connectivity index (χ2n) is 7.43. The molecule has 136 valence electrons. The topological polar surface area (TPSA) is 72.3 Å².